The van der Waals surface area contributed by atoms with E-state index in [0.717, 1.165) is 32.1 Å². The third kappa shape index (κ3) is 4.78. The lowest BCUT2D eigenvalue weighted by atomic mass is 9.88. The molecule has 3 aliphatic rings. The molecule has 0 spiro atoms. The molecule has 2 aliphatic carbocycles. The summed E-state index contributed by atoms with van der Waals surface area (Å²) in [5.41, 5.74) is 0. The Hall–Kier alpha value is -0.540. The van der Waals surface area contributed by atoms with Crippen molar-refractivity contribution in [1.82, 2.24) is 9.21 Å². The zero-order valence-corrected chi connectivity index (χ0v) is 17.4. The maximum Gasteiger partial charge on any atom is 0.393 e. The van der Waals surface area contributed by atoms with Crippen LogP contribution in [0.4, 0.5) is 13.2 Å². The molecule has 0 aromatic heterocycles. The van der Waals surface area contributed by atoms with Crippen molar-refractivity contribution in [2.24, 2.45) is 11.8 Å². The molecule has 0 bridgehead atoms. The molecule has 1 aliphatic heterocycles. The predicted molar refractivity (Wildman–Crippen MR) is 100 cm³/mol. The Labute approximate surface area is 169 Å². The number of carbonyl (C=O) groups is 1. The zero-order chi connectivity index (χ0) is 20.5. The SMILES string of the molecule is O=C(C1CCCCC1)N1CCN(S(=O)(=O)C2CCC(Cl)C(C(F)(F)F)C2)CC1. The monoisotopic (exact) mass is 444 g/mol. The van der Waals surface area contributed by atoms with E-state index in [1.54, 1.807) is 4.90 Å². The summed E-state index contributed by atoms with van der Waals surface area (Å²) in [4.78, 5) is 14.3. The standard InChI is InChI=1S/C18H28ClF3N2O3S/c19-16-7-6-14(12-15(16)18(20,21)22)28(26,27)24-10-8-23(9-11-24)17(25)13-4-2-1-3-5-13/h13-16H,1-12H2. The van der Waals surface area contributed by atoms with Crippen molar-refractivity contribution in [3.8, 4) is 0 Å². The third-order valence-corrected chi connectivity index (χ3v) is 9.30. The molecule has 0 aromatic carbocycles. The van der Waals surface area contributed by atoms with Crippen LogP contribution in [-0.4, -0.2) is 66.5 Å². The lowest BCUT2D eigenvalue weighted by Crippen LogP contribution is -2.54. The van der Waals surface area contributed by atoms with Gasteiger partial charge in [0, 0.05) is 37.5 Å². The minimum absolute atomic E-state index is 0.0310. The van der Waals surface area contributed by atoms with Gasteiger partial charge in [-0.05, 0) is 32.1 Å². The van der Waals surface area contributed by atoms with Crippen molar-refractivity contribution >= 4 is 27.5 Å². The Bertz CT molecular complexity index is 659. The van der Waals surface area contributed by atoms with E-state index in [9.17, 15) is 26.4 Å². The molecule has 162 valence electrons. The summed E-state index contributed by atoms with van der Waals surface area (Å²) < 4.78 is 66.6. The van der Waals surface area contributed by atoms with E-state index in [1.165, 1.54) is 4.31 Å². The third-order valence-electron chi connectivity index (χ3n) is 6.42. The first-order valence-electron chi connectivity index (χ1n) is 10.1. The topological polar surface area (TPSA) is 57.7 Å². The number of hydrogen-bond donors (Lipinski definition) is 0. The van der Waals surface area contributed by atoms with Crippen LogP contribution in [0.25, 0.3) is 0 Å². The molecule has 10 heteroatoms. The number of carbonyl (C=O) groups excluding carboxylic acids is 1. The van der Waals surface area contributed by atoms with Gasteiger partial charge in [0.2, 0.25) is 15.9 Å². The largest absolute Gasteiger partial charge is 0.393 e. The van der Waals surface area contributed by atoms with Crippen molar-refractivity contribution in [2.45, 2.75) is 68.2 Å². The molecule has 28 heavy (non-hydrogen) atoms. The van der Waals surface area contributed by atoms with E-state index in [4.69, 9.17) is 11.6 Å². The van der Waals surface area contributed by atoms with Crippen LogP contribution in [0.5, 0.6) is 0 Å². The average molecular weight is 445 g/mol. The first-order valence-corrected chi connectivity index (χ1v) is 12.0. The van der Waals surface area contributed by atoms with Crippen LogP contribution in [0.2, 0.25) is 0 Å². The van der Waals surface area contributed by atoms with Gasteiger partial charge in [0.1, 0.15) is 0 Å². The van der Waals surface area contributed by atoms with E-state index >= 15 is 0 Å². The fourth-order valence-electron chi connectivity index (χ4n) is 4.69. The predicted octanol–water partition coefficient (Wildman–Crippen LogP) is 3.38. The number of piperazine rings is 1. The molecule has 0 N–H and O–H groups in total. The van der Waals surface area contributed by atoms with Gasteiger partial charge in [-0.15, -0.1) is 11.6 Å². The molecule has 1 heterocycles. The molecule has 1 amide bonds. The van der Waals surface area contributed by atoms with Crippen LogP contribution >= 0.6 is 11.6 Å². The fourth-order valence-corrected chi connectivity index (χ4v) is 7.04. The minimum Gasteiger partial charge on any atom is -0.340 e. The summed E-state index contributed by atoms with van der Waals surface area (Å²) in [6.45, 7) is 0.917. The van der Waals surface area contributed by atoms with Gasteiger partial charge in [-0.2, -0.15) is 17.5 Å². The number of rotatable bonds is 3. The minimum atomic E-state index is -4.49. The number of alkyl halides is 4. The average Bonchev–Trinajstić information content (AvgIpc) is 2.67. The molecule has 3 fully saturated rings. The molecule has 0 radical (unpaired) electrons. The summed E-state index contributed by atoms with van der Waals surface area (Å²) in [6.07, 6.45) is 0.227. The highest BCUT2D eigenvalue weighted by Crippen LogP contribution is 2.42. The van der Waals surface area contributed by atoms with Crippen LogP contribution in [0.3, 0.4) is 0 Å². The summed E-state index contributed by atoms with van der Waals surface area (Å²) in [6, 6.07) is 0. The molecule has 2 saturated carbocycles. The second-order valence-electron chi connectivity index (χ2n) is 8.20. The summed E-state index contributed by atoms with van der Waals surface area (Å²) in [7, 11) is -3.84. The van der Waals surface area contributed by atoms with E-state index in [0.29, 0.717) is 13.1 Å². The van der Waals surface area contributed by atoms with Gasteiger partial charge in [-0.3, -0.25) is 4.79 Å². The van der Waals surface area contributed by atoms with E-state index in [-0.39, 0.29) is 37.8 Å². The molecule has 3 unspecified atom stereocenters. The Morgan fingerprint density at radius 1 is 0.929 bits per heavy atom. The Balaban J connectivity index is 1.59. The van der Waals surface area contributed by atoms with Gasteiger partial charge in [-0.25, -0.2) is 8.42 Å². The number of amides is 1. The molecule has 0 aromatic rings. The Kier molecular flexibility index (Phi) is 6.86. The molecular weight excluding hydrogens is 417 g/mol. The number of hydrogen-bond acceptors (Lipinski definition) is 3. The maximum atomic E-state index is 13.2. The second-order valence-corrected chi connectivity index (χ2v) is 11.0. The van der Waals surface area contributed by atoms with Crippen molar-refractivity contribution in [3.63, 3.8) is 0 Å². The Morgan fingerprint density at radius 2 is 1.54 bits per heavy atom. The number of sulfonamides is 1. The van der Waals surface area contributed by atoms with Crippen molar-refractivity contribution in [1.29, 1.82) is 0 Å². The zero-order valence-electron chi connectivity index (χ0n) is 15.8. The van der Waals surface area contributed by atoms with Crippen LogP contribution in [0.15, 0.2) is 0 Å². The number of halogens is 4. The molecule has 3 atom stereocenters. The summed E-state index contributed by atoms with van der Waals surface area (Å²) in [5, 5.41) is -2.13. The first-order chi connectivity index (χ1) is 13.1. The highest BCUT2D eigenvalue weighted by molar-refractivity contribution is 7.89. The van der Waals surface area contributed by atoms with Crippen LogP contribution in [-0.2, 0) is 14.8 Å². The van der Waals surface area contributed by atoms with Crippen molar-refractivity contribution in [3.05, 3.63) is 0 Å². The van der Waals surface area contributed by atoms with Crippen LogP contribution < -0.4 is 0 Å². The van der Waals surface area contributed by atoms with Crippen LogP contribution in [0.1, 0.15) is 51.4 Å². The first kappa shape index (κ1) is 22.2. The van der Waals surface area contributed by atoms with E-state index in [2.05, 4.69) is 0 Å². The van der Waals surface area contributed by atoms with Gasteiger partial charge in [0.25, 0.3) is 0 Å². The van der Waals surface area contributed by atoms with Gasteiger partial charge in [0.15, 0.2) is 0 Å². The molecule has 1 saturated heterocycles. The highest BCUT2D eigenvalue weighted by atomic mass is 35.5. The van der Waals surface area contributed by atoms with E-state index in [1.807, 2.05) is 0 Å². The summed E-state index contributed by atoms with van der Waals surface area (Å²) in [5.74, 6) is -1.67. The molecule has 3 rings (SSSR count). The van der Waals surface area contributed by atoms with Crippen LogP contribution in [0, 0.1) is 11.8 Å². The second kappa shape index (κ2) is 8.68. The van der Waals surface area contributed by atoms with Gasteiger partial charge in [0.05, 0.1) is 11.2 Å². The summed E-state index contributed by atoms with van der Waals surface area (Å²) >= 11 is 5.82. The van der Waals surface area contributed by atoms with E-state index < -0.39 is 39.2 Å². The highest BCUT2D eigenvalue weighted by Gasteiger charge is 2.50. The van der Waals surface area contributed by atoms with Crippen molar-refractivity contribution < 1.29 is 26.4 Å². The number of nitrogens with zero attached hydrogens (tertiary/aromatic N) is 2. The van der Waals surface area contributed by atoms with Gasteiger partial charge in [-0.1, -0.05) is 19.3 Å². The van der Waals surface area contributed by atoms with Gasteiger partial charge < -0.3 is 4.90 Å². The lowest BCUT2D eigenvalue weighted by molar-refractivity contribution is -0.180. The quantitative estimate of drug-likeness (QED) is 0.627. The van der Waals surface area contributed by atoms with Crippen molar-refractivity contribution in [2.75, 3.05) is 26.2 Å². The normalized spacial score (nSPS) is 31.7. The Morgan fingerprint density at radius 3 is 2.11 bits per heavy atom. The lowest BCUT2D eigenvalue weighted by Gasteiger charge is -2.40. The fraction of sp³-hybridized carbons (Fsp3) is 0.944. The smallest absolute Gasteiger partial charge is 0.340 e. The van der Waals surface area contributed by atoms with Gasteiger partial charge >= 0.3 is 6.18 Å². The molecular formula is C18H28ClF3N2O3S. The molecule has 5 nitrogen and oxygen atoms in total. The maximum absolute atomic E-state index is 13.2.